The zero-order valence-electron chi connectivity index (χ0n) is 6.20. The summed E-state index contributed by atoms with van der Waals surface area (Å²) in [5.41, 5.74) is 0.146. The molecule has 4 nitrogen and oxygen atoms in total. The van der Waals surface area contributed by atoms with Gasteiger partial charge in [0.05, 0.1) is 18.3 Å². The summed E-state index contributed by atoms with van der Waals surface area (Å²) in [5.74, 6) is -0.999. The van der Waals surface area contributed by atoms with Gasteiger partial charge in [-0.15, -0.1) is 0 Å². The SMILES string of the molecule is C=C(Cl)Cn1cc(C(=O)O)cn1. The maximum Gasteiger partial charge on any atom is 0.338 e. The maximum atomic E-state index is 10.4. The summed E-state index contributed by atoms with van der Waals surface area (Å²) in [4.78, 5) is 10.4. The number of allylic oxidation sites excluding steroid dienone is 1. The maximum absolute atomic E-state index is 10.4. The molecular formula is C7H7ClN2O2. The molecule has 0 radical (unpaired) electrons. The molecule has 0 aliphatic rings. The molecule has 0 fully saturated rings. The van der Waals surface area contributed by atoms with Crippen LogP contribution in [-0.4, -0.2) is 20.9 Å². The lowest BCUT2D eigenvalue weighted by Gasteiger charge is -1.95. The summed E-state index contributed by atoms with van der Waals surface area (Å²) >= 11 is 5.50. The standard InChI is InChI=1S/C7H7ClN2O2/c1-5(8)3-10-4-6(2-9-10)7(11)12/h2,4H,1,3H2,(H,11,12). The van der Waals surface area contributed by atoms with E-state index >= 15 is 0 Å². The Bertz CT molecular complexity index is 319. The van der Waals surface area contributed by atoms with Crippen LogP contribution in [0.15, 0.2) is 24.0 Å². The molecule has 0 amide bonds. The highest BCUT2D eigenvalue weighted by molar-refractivity contribution is 6.29. The third kappa shape index (κ3) is 2.10. The molecule has 0 saturated carbocycles. The van der Waals surface area contributed by atoms with Crippen LogP contribution in [0.5, 0.6) is 0 Å². The number of carbonyl (C=O) groups is 1. The minimum atomic E-state index is -0.999. The number of hydrogen-bond donors (Lipinski definition) is 1. The monoisotopic (exact) mass is 186 g/mol. The van der Waals surface area contributed by atoms with Gasteiger partial charge in [-0.3, -0.25) is 4.68 Å². The second-order valence-electron chi connectivity index (χ2n) is 2.25. The molecule has 0 unspecified atom stereocenters. The van der Waals surface area contributed by atoms with Gasteiger partial charge in [0, 0.05) is 11.2 Å². The Morgan fingerprint density at radius 1 is 1.83 bits per heavy atom. The molecule has 1 aromatic heterocycles. The van der Waals surface area contributed by atoms with Crippen LogP contribution in [0, 0.1) is 0 Å². The second-order valence-corrected chi connectivity index (χ2v) is 2.78. The number of carboxylic acids is 1. The van der Waals surface area contributed by atoms with Crippen LogP contribution in [0.25, 0.3) is 0 Å². The van der Waals surface area contributed by atoms with Crippen molar-refractivity contribution in [1.82, 2.24) is 9.78 Å². The number of aromatic carboxylic acids is 1. The minimum absolute atomic E-state index is 0.146. The molecule has 64 valence electrons. The molecule has 0 bridgehead atoms. The van der Waals surface area contributed by atoms with E-state index < -0.39 is 5.97 Å². The first kappa shape index (κ1) is 8.80. The van der Waals surface area contributed by atoms with E-state index in [1.165, 1.54) is 17.1 Å². The van der Waals surface area contributed by atoms with Gasteiger partial charge in [0.25, 0.3) is 0 Å². The fourth-order valence-corrected chi connectivity index (χ4v) is 0.859. The van der Waals surface area contributed by atoms with Gasteiger partial charge < -0.3 is 5.11 Å². The summed E-state index contributed by atoms with van der Waals surface area (Å²) < 4.78 is 1.42. The molecular weight excluding hydrogens is 180 g/mol. The fraction of sp³-hybridized carbons (Fsp3) is 0.143. The topological polar surface area (TPSA) is 55.1 Å². The van der Waals surface area contributed by atoms with E-state index in [1.54, 1.807) is 0 Å². The van der Waals surface area contributed by atoms with Crippen molar-refractivity contribution in [1.29, 1.82) is 0 Å². The Labute approximate surface area is 74.1 Å². The molecule has 12 heavy (non-hydrogen) atoms. The predicted octanol–water partition coefficient (Wildman–Crippen LogP) is 1.33. The number of aromatic nitrogens is 2. The zero-order chi connectivity index (χ0) is 9.14. The van der Waals surface area contributed by atoms with Crippen molar-refractivity contribution >= 4 is 17.6 Å². The number of rotatable bonds is 3. The summed E-state index contributed by atoms with van der Waals surface area (Å²) in [5, 5.41) is 12.7. The van der Waals surface area contributed by atoms with Crippen LogP contribution < -0.4 is 0 Å². The first-order valence-corrected chi connectivity index (χ1v) is 3.56. The van der Waals surface area contributed by atoms with E-state index in [-0.39, 0.29) is 5.56 Å². The normalized spacial score (nSPS) is 9.75. The largest absolute Gasteiger partial charge is 0.478 e. The lowest BCUT2D eigenvalue weighted by atomic mass is 10.4. The smallest absolute Gasteiger partial charge is 0.338 e. The Kier molecular flexibility index (Phi) is 2.50. The molecule has 1 rings (SSSR count). The van der Waals surface area contributed by atoms with Gasteiger partial charge in [-0.1, -0.05) is 18.2 Å². The zero-order valence-corrected chi connectivity index (χ0v) is 6.95. The molecule has 0 aromatic carbocycles. The number of carboxylic acid groups (broad SMARTS) is 1. The van der Waals surface area contributed by atoms with Crippen LogP contribution in [0.3, 0.4) is 0 Å². The van der Waals surface area contributed by atoms with Gasteiger partial charge in [0.15, 0.2) is 0 Å². The van der Waals surface area contributed by atoms with E-state index in [0.29, 0.717) is 11.6 Å². The van der Waals surface area contributed by atoms with Crippen molar-refractivity contribution < 1.29 is 9.90 Å². The quantitative estimate of drug-likeness (QED) is 0.775. The van der Waals surface area contributed by atoms with Crippen LogP contribution in [-0.2, 0) is 6.54 Å². The number of hydrogen-bond acceptors (Lipinski definition) is 2. The van der Waals surface area contributed by atoms with Crippen LogP contribution >= 0.6 is 11.6 Å². The van der Waals surface area contributed by atoms with Crippen LogP contribution in [0.4, 0.5) is 0 Å². The average molecular weight is 187 g/mol. The summed E-state index contributed by atoms with van der Waals surface area (Å²) in [6.45, 7) is 3.79. The van der Waals surface area contributed by atoms with Crippen molar-refractivity contribution in [2.45, 2.75) is 6.54 Å². The summed E-state index contributed by atoms with van der Waals surface area (Å²) in [7, 11) is 0. The minimum Gasteiger partial charge on any atom is -0.478 e. The highest BCUT2D eigenvalue weighted by Gasteiger charge is 2.05. The molecule has 5 heteroatoms. The van der Waals surface area contributed by atoms with E-state index in [4.69, 9.17) is 16.7 Å². The molecule has 0 saturated heterocycles. The molecule has 0 aliphatic heterocycles. The second kappa shape index (κ2) is 3.40. The Hall–Kier alpha value is -1.29. The van der Waals surface area contributed by atoms with Gasteiger partial charge in [-0.25, -0.2) is 4.79 Å². The molecule has 1 N–H and O–H groups in total. The van der Waals surface area contributed by atoms with E-state index in [0.717, 1.165) is 0 Å². The highest BCUT2D eigenvalue weighted by Crippen LogP contribution is 2.03. The first-order valence-electron chi connectivity index (χ1n) is 3.18. The van der Waals surface area contributed by atoms with Gasteiger partial charge >= 0.3 is 5.97 Å². The molecule has 1 aromatic rings. The van der Waals surface area contributed by atoms with Gasteiger partial charge in [-0.05, 0) is 0 Å². The van der Waals surface area contributed by atoms with Crippen molar-refractivity contribution in [2.75, 3.05) is 0 Å². The van der Waals surface area contributed by atoms with Crippen LogP contribution in [0.1, 0.15) is 10.4 Å². The van der Waals surface area contributed by atoms with Crippen molar-refractivity contribution in [3.05, 3.63) is 29.6 Å². The van der Waals surface area contributed by atoms with Crippen molar-refractivity contribution in [2.24, 2.45) is 0 Å². The van der Waals surface area contributed by atoms with Crippen molar-refractivity contribution in [3.63, 3.8) is 0 Å². The first-order chi connectivity index (χ1) is 5.59. The number of halogens is 1. The lowest BCUT2D eigenvalue weighted by molar-refractivity contribution is 0.0697. The molecule has 0 aliphatic carbocycles. The Balaban J connectivity index is 2.77. The lowest BCUT2D eigenvalue weighted by Crippen LogP contribution is -1.98. The van der Waals surface area contributed by atoms with E-state index in [2.05, 4.69) is 11.7 Å². The predicted molar refractivity (Wildman–Crippen MR) is 44.2 cm³/mol. The molecule has 0 atom stereocenters. The average Bonchev–Trinajstić information content (AvgIpc) is 2.34. The third-order valence-corrected chi connectivity index (χ3v) is 1.33. The summed E-state index contributed by atoms with van der Waals surface area (Å²) in [6, 6.07) is 0. The Morgan fingerprint density at radius 3 is 2.92 bits per heavy atom. The van der Waals surface area contributed by atoms with E-state index in [9.17, 15) is 4.79 Å². The van der Waals surface area contributed by atoms with Gasteiger partial charge in [0.1, 0.15) is 0 Å². The third-order valence-electron chi connectivity index (χ3n) is 1.21. The van der Waals surface area contributed by atoms with Gasteiger partial charge in [-0.2, -0.15) is 5.10 Å². The Morgan fingerprint density at radius 2 is 2.50 bits per heavy atom. The highest BCUT2D eigenvalue weighted by atomic mass is 35.5. The molecule has 1 heterocycles. The number of nitrogens with zero attached hydrogens (tertiary/aromatic N) is 2. The van der Waals surface area contributed by atoms with Gasteiger partial charge in [0.2, 0.25) is 0 Å². The van der Waals surface area contributed by atoms with Crippen LogP contribution in [0.2, 0.25) is 0 Å². The van der Waals surface area contributed by atoms with E-state index in [1.807, 2.05) is 0 Å². The molecule has 0 spiro atoms. The fourth-order valence-electron chi connectivity index (χ4n) is 0.736. The van der Waals surface area contributed by atoms with Crippen molar-refractivity contribution in [3.8, 4) is 0 Å². The summed E-state index contributed by atoms with van der Waals surface area (Å²) in [6.07, 6.45) is 2.66.